The van der Waals surface area contributed by atoms with Crippen LogP contribution in [0.3, 0.4) is 0 Å². The molecule has 0 N–H and O–H groups in total. The summed E-state index contributed by atoms with van der Waals surface area (Å²) in [5.41, 5.74) is 1.85. The van der Waals surface area contributed by atoms with Gasteiger partial charge in [0.1, 0.15) is 0 Å². The zero-order chi connectivity index (χ0) is 13.2. The van der Waals surface area contributed by atoms with Crippen LogP contribution >= 0.6 is 27.5 Å². The molecule has 0 aromatic heterocycles. The van der Waals surface area contributed by atoms with E-state index in [0.717, 1.165) is 16.1 Å². The summed E-state index contributed by atoms with van der Waals surface area (Å²) < 4.78 is 0. The molecule has 17 heavy (non-hydrogen) atoms. The highest BCUT2D eigenvalue weighted by atomic mass is 79.9. The van der Waals surface area contributed by atoms with E-state index >= 15 is 0 Å². The third kappa shape index (κ3) is 4.11. The van der Waals surface area contributed by atoms with Crippen molar-refractivity contribution in [2.45, 2.75) is 38.9 Å². The summed E-state index contributed by atoms with van der Waals surface area (Å²) in [4.78, 5) is 11.9. The molecule has 0 radical (unpaired) electrons. The molecule has 0 amide bonds. The van der Waals surface area contributed by atoms with Gasteiger partial charge in [0.25, 0.3) is 0 Å². The van der Waals surface area contributed by atoms with Crippen molar-refractivity contribution in [1.29, 1.82) is 0 Å². The van der Waals surface area contributed by atoms with E-state index in [1.165, 1.54) is 0 Å². The fourth-order valence-electron chi connectivity index (χ4n) is 1.62. The topological polar surface area (TPSA) is 17.1 Å². The first-order valence-electron chi connectivity index (χ1n) is 5.65. The van der Waals surface area contributed by atoms with Gasteiger partial charge in [-0.15, -0.1) is 0 Å². The number of carbonyl (C=O) groups is 1. The van der Waals surface area contributed by atoms with Crippen LogP contribution in [0.1, 0.15) is 31.9 Å². The quantitative estimate of drug-likeness (QED) is 0.746. The van der Waals surface area contributed by atoms with Gasteiger partial charge in [0, 0.05) is 10.4 Å². The number of Topliss-reactive ketones (excluding diaryl/α,β-unsaturated/α-hetero) is 1. The van der Waals surface area contributed by atoms with E-state index in [4.69, 9.17) is 11.6 Å². The van der Waals surface area contributed by atoms with Crippen LogP contribution < -0.4 is 0 Å². The van der Waals surface area contributed by atoms with Crippen molar-refractivity contribution in [3.63, 3.8) is 0 Å². The summed E-state index contributed by atoms with van der Waals surface area (Å²) in [6, 6.07) is 5.89. The van der Waals surface area contributed by atoms with Crippen LogP contribution in [0.15, 0.2) is 18.2 Å². The van der Waals surface area contributed by atoms with Crippen molar-refractivity contribution in [2.75, 3.05) is 0 Å². The van der Waals surface area contributed by atoms with Gasteiger partial charge in [0.05, 0.1) is 4.83 Å². The summed E-state index contributed by atoms with van der Waals surface area (Å²) in [6.07, 6.45) is 0.636. The molecule has 3 heteroatoms. The SMILES string of the molecule is Cc1ccc(Cl)c(CC(Br)C(=O)C(C)(C)C)c1. The second kappa shape index (κ2) is 5.53. The van der Waals surface area contributed by atoms with Crippen molar-refractivity contribution in [3.8, 4) is 0 Å². The van der Waals surface area contributed by atoms with Crippen LogP contribution in [0.5, 0.6) is 0 Å². The molecule has 1 aromatic rings. The van der Waals surface area contributed by atoms with Crippen LogP contribution in [-0.2, 0) is 11.2 Å². The zero-order valence-electron chi connectivity index (χ0n) is 10.7. The summed E-state index contributed by atoms with van der Waals surface area (Å²) in [6.45, 7) is 7.82. The molecule has 1 atom stereocenters. The number of ketones is 1. The van der Waals surface area contributed by atoms with Gasteiger partial charge in [-0.1, -0.05) is 66.0 Å². The molecule has 0 saturated carbocycles. The molecule has 1 aromatic carbocycles. The first kappa shape index (κ1) is 14.7. The average Bonchev–Trinajstić information content (AvgIpc) is 2.21. The van der Waals surface area contributed by atoms with Gasteiger partial charge in [-0.3, -0.25) is 4.79 Å². The maximum absolute atomic E-state index is 12.1. The Bertz CT molecular complexity index is 421. The van der Waals surface area contributed by atoms with E-state index in [9.17, 15) is 4.79 Å². The zero-order valence-corrected chi connectivity index (χ0v) is 13.0. The second-order valence-electron chi connectivity index (χ2n) is 5.38. The second-order valence-corrected chi connectivity index (χ2v) is 6.89. The highest BCUT2D eigenvalue weighted by molar-refractivity contribution is 9.10. The van der Waals surface area contributed by atoms with Crippen molar-refractivity contribution in [3.05, 3.63) is 34.3 Å². The lowest BCUT2D eigenvalue weighted by atomic mass is 9.87. The molecule has 1 nitrogen and oxygen atoms in total. The minimum atomic E-state index is -0.329. The van der Waals surface area contributed by atoms with E-state index in [-0.39, 0.29) is 16.0 Å². The maximum atomic E-state index is 12.1. The molecule has 0 saturated heterocycles. The average molecular weight is 318 g/mol. The summed E-state index contributed by atoms with van der Waals surface area (Å²) in [5, 5.41) is 0.724. The lowest BCUT2D eigenvalue weighted by Gasteiger charge is -2.21. The number of benzene rings is 1. The molecule has 0 bridgehead atoms. The molecule has 0 heterocycles. The Hall–Kier alpha value is -0.340. The van der Waals surface area contributed by atoms with E-state index in [2.05, 4.69) is 15.9 Å². The minimum absolute atomic E-state index is 0.179. The van der Waals surface area contributed by atoms with Gasteiger partial charge in [0.2, 0.25) is 0 Å². The predicted octanol–water partition coefficient (Wildman–Crippen LogP) is 4.57. The summed E-state index contributed by atoms with van der Waals surface area (Å²) in [5.74, 6) is 0.204. The lowest BCUT2D eigenvalue weighted by molar-refractivity contribution is -0.125. The van der Waals surface area contributed by atoms with E-state index in [1.54, 1.807) is 0 Å². The summed E-state index contributed by atoms with van der Waals surface area (Å²) >= 11 is 9.59. The number of alkyl halides is 1. The van der Waals surface area contributed by atoms with E-state index < -0.39 is 0 Å². The third-order valence-corrected chi connectivity index (χ3v) is 3.73. The maximum Gasteiger partial charge on any atom is 0.152 e. The Morgan fingerprint density at radius 1 is 1.41 bits per heavy atom. The van der Waals surface area contributed by atoms with Gasteiger partial charge in [-0.05, 0) is 25.0 Å². The molecule has 0 aliphatic heterocycles. The van der Waals surface area contributed by atoms with Gasteiger partial charge < -0.3 is 0 Å². The van der Waals surface area contributed by atoms with E-state index in [1.807, 2.05) is 45.9 Å². The van der Waals surface area contributed by atoms with Crippen molar-refractivity contribution < 1.29 is 4.79 Å². The Morgan fingerprint density at radius 2 is 2.00 bits per heavy atom. The normalized spacial score (nSPS) is 13.5. The molecular formula is C14H18BrClO. The van der Waals surface area contributed by atoms with E-state index in [0.29, 0.717) is 6.42 Å². The molecule has 1 unspecified atom stereocenters. The first-order chi connectivity index (χ1) is 7.71. The Morgan fingerprint density at radius 3 is 2.53 bits per heavy atom. The van der Waals surface area contributed by atoms with Crippen molar-refractivity contribution >= 4 is 33.3 Å². The van der Waals surface area contributed by atoms with Gasteiger partial charge in [-0.2, -0.15) is 0 Å². The van der Waals surface area contributed by atoms with Crippen molar-refractivity contribution in [2.24, 2.45) is 5.41 Å². The van der Waals surface area contributed by atoms with Crippen LogP contribution in [0, 0.1) is 12.3 Å². The van der Waals surface area contributed by atoms with Gasteiger partial charge in [-0.25, -0.2) is 0 Å². The predicted molar refractivity (Wildman–Crippen MR) is 77.1 cm³/mol. The number of rotatable bonds is 3. The van der Waals surface area contributed by atoms with Crippen LogP contribution in [0.2, 0.25) is 5.02 Å². The van der Waals surface area contributed by atoms with Crippen LogP contribution in [-0.4, -0.2) is 10.6 Å². The number of carbonyl (C=O) groups excluding carboxylic acids is 1. The number of hydrogen-bond acceptors (Lipinski definition) is 1. The fourth-order valence-corrected chi connectivity index (χ4v) is 2.85. The number of aryl methyl sites for hydroxylation is 1. The van der Waals surface area contributed by atoms with Gasteiger partial charge in [0.15, 0.2) is 5.78 Å². The first-order valence-corrected chi connectivity index (χ1v) is 6.94. The Kier molecular flexibility index (Phi) is 4.79. The monoisotopic (exact) mass is 316 g/mol. The summed E-state index contributed by atoms with van der Waals surface area (Å²) in [7, 11) is 0. The molecular weight excluding hydrogens is 300 g/mol. The fraction of sp³-hybridized carbons (Fsp3) is 0.500. The highest BCUT2D eigenvalue weighted by Gasteiger charge is 2.28. The standard InChI is InChI=1S/C14H18BrClO/c1-9-5-6-12(16)10(7-9)8-11(15)13(17)14(2,3)4/h5-7,11H,8H2,1-4H3. The lowest BCUT2D eigenvalue weighted by Crippen LogP contribution is -2.30. The van der Waals surface area contributed by atoms with Gasteiger partial charge >= 0.3 is 0 Å². The molecule has 0 aliphatic carbocycles. The highest BCUT2D eigenvalue weighted by Crippen LogP contribution is 2.26. The van der Waals surface area contributed by atoms with Crippen LogP contribution in [0.4, 0.5) is 0 Å². The molecule has 0 spiro atoms. The Labute approximate surface area is 117 Å². The molecule has 0 fully saturated rings. The van der Waals surface area contributed by atoms with Crippen LogP contribution in [0.25, 0.3) is 0 Å². The number of hydrogen-bond donors (Lipinski definition) is 0. The minimum Gasteiger partial charge on any atom is -0.298 e. The molecule has 94 valence electrons. The number of halogens is 2. The molecule has 1 rings (SSSR count). The smallest absolute Gasteiger partial charge is 0.152 e. The third-order valence-electron chi connectivity index (χ3n) is 2.62. The Balaban J connectivity index is 2.85. The largest absolute Gasteiger partial charge is 0.298 e. The molecule has 0 aliphatic rings. The van der Waals surface area contributed by atoms with Crippen molar-refractivity contribution in [1.82, 2.24) is 0 Å².